The molecule has 1 N–H and O–H groups in total. The van der Waals surface area contributed by atoms with Crippen molar-refractivity contribution in [2.24, 2.45) is 7.05 Å². The molecule has 0 radical (unpaired) electrons. The van der Waals surface area contributed by atoms with Crippen LogP contribution in [0.3, 0.4) is 0 Å². The number of rotatable bonds is 4. The lowest BCUT2D eigenvalue weighted by atomic mass is 10.2. The minimum Gasteiger partial charge on any atom is -0.329 e. The van der Waals surface area contributed by atoms with Gasteiger partial charge in [0.2, 0.25) is 6.41 Å². The van der Waals surface area contributed by atoms with Crippen LogP contribution < -0.4 is 5.32 Å². The molecule has 3 rings (SSSR count). The number of aromatic nitrogens is 3. The molecular formula is C16H11Cl2FN4O. The Kier molecular flexibility index (Phi) is 4.51. The minimum absolute atomic E-state index is 0.136. The quantitative estimate of drug-likeness (QED) is 0.707. The standard InChI is InChI=1S/C16H11Cl2FN4O/c1-23-16(10-6-5-9(20-8-24)7-12(10)18)21-15(22-23)14-11(17)3-2-4-13(14)19/h2-8H,1H3,(H,20,24). The van der Waals surface area contributed by atoms with E-state index >= 15 is 0 Å². The van der Waals surface area contributed by atoms with Gasteiger partial charge in [-0.3, -0.25) is 4.79 Å². The van der Waals surface area contributed by atoms with Gasteiger partial charge in [-0.1, -0.05) is 29.3 Å². The molecule has 3 aromatic rings. The fraction of sp³-hybridized carbons (Fsp3) is 0.0625. The molecule has 24 heavy (non-hydrogen) atoms. The Morgan fingerprint density at radius 2 is 2.00 bits per heavy atom. The van der Waals surface area contributed by atoms with E-state index in [2.05, 4.69) is 15.4 Å². The third-order valence-corrected chi connectivity index (χ3v) is 4.01. The zero-order valence-electron chi connectivity index (χ0n) is 12.4. The Bertz CT molecular complexity index is 906. The monoisotopic (exact) mass is 364 g/mol. The summed E-state index contributed by atoms with van der Waals surface area (Å²) in [6.45, 7) is 0. The first-order valence-corrected chi connectivity index (χ1v) is 7.62. The highest BCUT2D eigenvalue weighted by Crippen LogP contribution is 2.33. The number of halogens is 3. The van der Waals surface area contributed by atoms with Crippen LogP contribution in [0.5, 0.6) is 0 Å². The number of carbonyl (C=O) groups excluding carboxylic acids is 1. The van der Waals surface area contributed by atoms with Gasteiger partial charge in [-0.25, -0.2) is 14.1 Å². The summed E-state index contributed by atoms with van der Waals surface area (Å²) in [5.41, 5.74) is 1.29. The van der Waals surface area contributed by atoms with E-state index in [9.17, 15) is 9.18 Å². The molecule has 0 atom stereocenters. The number of amides is 1. The van der Waals surface area contributed by atoms with E-state index in [0.29, 0.717) is 28.5 Å². The number of benzene rings is 2. The van der Waals surface area contributed by atoms with Gasteiger partial charge in [-0.05, 0) is 30.3 Å². The number of hydrogen-bond donors (Lipinski definition) is 1. The molecule has 5 nitrogen and oxygen atoms in total. The second-order valence-corrected chi connectivity index (χ2v) is 5.75. The number of carbonyl (C=O) groups is 1. The Balaban J connectivity index is 2.09. The van der Waals surface area contributed by atoms with Crippen molar-refractivity contribution in [3.05, 3.63) is 52.3 Å². The average Bonchev–Trinajstić information content (AvgIpc) is 2.89. The number of anilines is 1. The molecule has 122 valence electrons. The maximum atomic E-state index is 14.1. The van der Waals surface area contributed by atoms with Crippen LogP contribution in [0, 0.1) is 5.82 Å². The van der Waals surface area contributed by atoms with Gasteiger partial charge in [0, 0.05) is 18.3 Å². The van der Waals surface area contributed by atoms with Crippen LogP contribution in [-0.2, 0) is 11.8 Å². The van der Waals surface area contributed by atoms with Crippen molar-refractivity contribution in [2.45, 2.75) is 0 Å². The van der Waals surface area contributed by atoms with Crippen LogP contribution in [0.25, 0.3) is 22.8 Å². The maximum Gasteiger partial charge on any atom is 0.211 e. The lowest BCUT2D eigenvalue weighted by molar-refractivity contribution is -0.105. The molecule has 1 heterocycles. The third-order valence-electron chi connectivity index (χ3n) is 3.38. The van der Waals surface area contributed by atoms with E-state index in [0.717, 1.165) is 0 Å². The lowest BCUT2D eigenvalue weighted by Crippen LogP contribution is -1.97. The molecule has 8 heteroatoms. The van der Waals surface area contributed by atoms with E-state index < -0.39 is 5.82 Å². The van der Waals surface area contributed by atoms with Crippen molar-refractivity contribution < 1.29 is 9.18 Å². The van der Waals surface area contributed by atoms with Crippen molar-refractivity contribution in [2.75, 3.05) is 5.32 Å². The van der Waals surface area contributed by atoms with E-state index in [-0.39, 0.29) is 16.4 Å². The van der Waals surface area contributed by atoms with Crippen molar-refractivity contribution in [1.82, 2.24) is 14.8 Å². The summed E-state index contributed by atoms with van der Waals surface area (Å²) in [6, 6.07) is 9.36. The van der Waals surface area contributed by atoms with Gasteiger partial charge in [-0.2, -0.15) is 5.10 Å². The summed E-state index contributed by atoms with van der Waals surface area (Å²) >= 11 is 12.3. The molecule has 0 fully saturated rings. The smallest absolute Gasteiger partial charge is 0.211 e. The maximum absolute atomic E-state index is 14.1. The van der Waals surface area contributed by atoms with Crippen molar-refractivity contribution >= 4 is 35.3 Å². The van der Waals surface area contributed by atoms with E-state index in [1.807, 2.05) is 0 Å². The molecule has 0 aliphatic carbocycles. The number of hydrogen-bond acceptors (Lipinski definition) is 3. The van der Waals surface area contributed by atoms with Gasteiger partial charge < -0.3 is 5.32 Å². The fourth-order valence-electron chi connectivity index (χ4n) is 2.29. The number of nitrogens with zero attached hydrogens (tertiary/aromatic N) is 3. The molecule has 0 saturated carbocycles. The largest absolute Gasteiger partial charge is 0.329 e. The molecule has 0 aliphatic rings. The third kappa shape index (κ3) is 2.98. The Hall–Kier alpha value is -2.44. The first-order valence-electron chi connectivity index (χ1n) is 6.87. The highest BCUT2D eigenvalue weighted by atomic mass is 35.5. The zero-order valence-corrected chi connectivity index (χ0v) is 13.9. The SMILES string of the molecule is Cn1nc(-c2c(F)cccc2Cl)nc1-c1ccc(NC=O)cc1Cl. The topological polar surface area (TPSA) is 59.8 Å². The average molecular weight is 365 g/mol. The Morgan fingerprint density at radius 1 is 1.21 bits per heavy atom. The number of nitrogens with one attached hydrogen (secondary N) is 1. The van der Waals surface area contributed by atoms with E-state index in [4.69, 9.17) is 23.2 Å². The molecule has 1 amide bonds. The summed E-state index contributed by atoms with van der Waals surface area (Å²) in [5.74, 6) is 0.116. The molecule has 0 unspecified atom stereocenters. The highest BCUT2D eigenvalue weighted by Gasteiger charge is 2.18. The second kappa shape index (κ2) is 6.59. The zero-order chi connectivity index (χ0) is 17.3. The predicted octanol–water partition coefficient (Wildman–Crippen LogP) is 4.16. The minimum atomic E-state index is -0.503. The molecule has 0 bridgehead atoms. The van der Waals surface area contributed by atoms with Crippen LogP contribution in [0.15, 0.2) is 36.4 Å². The van der Waals surface area contributed by atoms with Gasteiger partial charge in [0.25, 0.3) is 0 Å². The number of aryl methyl sites for hydroxylation is 1. The summed E-state index contributed by atoms with van der Waals surface area (Å²) in [4.78, 5) is 14.9. The van der Waals surface area contributed by atoms with E-state index in [1.54, 1.807) is 31.3 Å². The first-order chi connectivity index (χ1) is 11.5. The van der Waals surface area contributed by atoms with Crippen molar-refractivity contribution in [1.29, 1.82) is 0 Å². The van der Waals surface area contributed by atoms with Gasteiger partial charge in [0.05, 0.1) is 15.6 Å². The van der Waals surface area contributed by atoms with Crippen molar-refractivity contribution in [3.63, 3.8) is 0 Å². The summed E-state index contributed by atoms with van der Waals surface area (Å²) in [7, 11) is 1.68. The van der Waals surface area contributed by atoms with Crippen LogP contribution >= 0.6 is 23.2 Å². The summed E-state index contributed by atoms with van der Waals surface area (Å²) in [6.07, 6.45) is 0.561. The molecule has 2 aromatic carbocycles. The molecule has 1 aromatic heterocycles. The molecular weight excluding hydrogens is 354 g/mol. The van der Waals surface area contributed by atoms with Crippen LogP contribution in [-0.4, -0.2) is 21.2 Å². The fourth-order valence-corrected chi connectivity index (χ4v) is 2.80. The van der Waals surface area contributed by atoms with Crippen LogP contribution in [0.4, 0.5) is 10.1 Å². The lowest BCUT2D eigenvalue weighted by Gasteiger charge is -2.05. The molecule has 0 saturated heterocycles. The molecule has 0 spiro atoms. The second-order valence-electron chi connectivity index (χ2n) is 4.94. The normalized spacial score (nSPS) is 10.7. The van der Waals surface area contributed by atoms with Gasteiger partial charge in [0.15, 0.2) is 11.6 Å². The van der Waals surface area contributed by atoms with E-state index in [1.165, 1.54) is 16.8 Å². The Labute approximate surface area is 147 Å². The van der Waals surface area contributed by atoms with Crippen molar-refractivity contribution in [3.8, 4) is 22.8 Å². The van der Waals surface area contributed by atoms with Gasteiger partial charge in [-0.15, -0.1) is 0 Å². The summed E-state index contributed by atoms with van der Waals surface area (Å²) in [5, 5.41) is 7.35. The Morgan fingerprint density at radius 3 is 2.67 bits per heavy atom. The highest BCUT2D eigenvalue weighted by molar-refractivity contribution is 6.34. The first kappa shape index (κ1) is 16.4. The van der Waals surface area contributed by atoms with Gasteiger partial charge >= 0.3 is 0 Å². The van der Waals surface area contributed by atoms with Crippen LogP contribution in [0.2, 0.25) is 10.0 Å². The van der Waals surface area contributed by atoms with Gasteiger partial charge in [0.1, 0.15) is 5.82 Å². The van der Waals surface area contributed by atoms with Crippen LogP contribution in [0.1, 0.15) is 0 Å². The predicted molar refractivity (Wildman–Crippen MR) is 91.5 cm³/mol. The summed E-state index contributed by atoms with van der Waals surface area (Å²) < 4.78 is 15.5. The molecule has 0 aliphatic heterocycles.